The fraction of sp³-hybridized carbons (Fsp3) is 0.688. The van der Waals surface area contributed by atoms with Crippen LogP contribution in [0.15, 0.2) is 11.6 Å². The van der Waals surface area contributed by atoms with Gasteiger partial charge in [0.2, 0.25) is 0 Å². The molecule has 2 aliphatic rings. The lowest BCUT2D eigenvalue weighted by Gasteiger charge is -2.38. The Kier molecular flexibility index (Phi) is 4.62. The molecule has 2 aromatic rings. The molecule has 1 saturated heterocycles. The van der Waals surface area contributed by atoms with Crippen LogP contribution in [-0.4, -0.2) is 57.5 Å². The van der Waals surface area contributed by atoms with Gasteiger partial charge in [-0.1, -0.05) is 0 Å². The third-order valence-electron chi connectivity index (χ3n) is 5.04. The van der Waals surface area contributed by atoms with Gasteiger partial charge in [0.05, 0.1) is 18.2 Å². The number of likely N-dealkylation sites (tertiary alicyclic amines) is 1. The van der Waals surface area contributed by atoms with Gasteiger partial charge in [0.15, 0.2) is 0 Å². The zero-order valence-corrected chi connectivity index (χ0v) is 14.8. The van der Waals surface area contributed by atoms with Crippen LogP contribution in [0.4, 0.5) is 0 Å². The Morgan fingerprint density at radius 1 is 1.29 bits per heavy atom. The molecule has 3 heterocycles. The van der Waals surface area contributed by atoms with E-state index in [-0.39, 0.29) is 0 Å². The van der Waals surface area contributed by atoms with E-state index in [1.807, 2.05) is 6.20 Å². The Morgan fingerprint density at radius 2 is 2.12 bits per heavy atom. The molecule has 7 nitrogen and oxygen atoms in total. The van der Waals surface area contributed by atoms with Crippen LogP contribution in [0.25, 0.3) is 0 Å². The summed E-state index contributed by atoms with van der Waals surface area (Å²) in [4.78, 5) is 6.83. The molecule has 0 radical (unpaired) electrons. The third kappa shape index (κ3) is 3.11. The molecular weight excluding hydrogens is 324 g/mol. The fourth-order valence-corrected chi connectivity index (χ4v) is 4.28. The van der Waals surface area contributed by atoms with E-state index < -0.39 is 0 Å². The summed E-state index contributed by atoms with van der Waals surface area (Å²) in [6.07, 6.45) is 3.92. The summed E-state index contributed by atoms with van der Waals surface area (Å²) in [5.41, 5.74) is 5.94. The van der Waals surface area contributed by atoms with E-state index in [4.69, 9.17) is 10.5 Å². The molecule has 2 fully saturated rings. The Hall–Kier alpha value is -1.35. The van der Waals surface area contributed by atoms with Crippen LogP contribution in [0.1, 0.15) is 41.3 Å². The molecule has 0 spiro atoms. The van der Waals surface area contributed by atoms with Crippen molar-refractivity contribution in [3.63, 3.8) is 0 Å². The summed E-state index contributed by atoms with van der Waals surface area (Å²) < 4.78 is 7.51. The van der Waals surface area contributed by atoms with E-state index in [1.165, 1.54) is 5.01 Å². The van der Waals surface area contributed by atoms with E-state index in [0.29, 0.717) is 24.5 Å². The van der Waals surface area contributed by atoms with Crippen LogP contribution >= 0.6 is 11.3 Å². The zero-order valence-electron chi connectivity index (χ0n) is 14.0. The normalized spacial score (nSPS) is 24.8. The molecule has 2 N–H and O–H groups in total. The van der Waals surface area contributed by atoms with Crippen molar-refractivity contribution < 1.29 is 4.74 Å². The zero-order chi connectivity index (χ0) is 16.5. The summed E-state index contributed by atoms with van der Waals surface area (Å²) in [6, 6.07) is 0.320. The van der Waals surface area contributed by atoms with E-state index in [0.717, 1.165) is 50.7 Å². The second kappa shape index (κ2) is 6.87. The molecule has 0 unspecified atom stereocenters. The molecule has 130 valence electrons. The molecule has 1 saturated carbocycles. The Morgan fingerprint density at radius 3 is 2.79 bits per heavy atom. The van der Waals surface area contributed by atoms with Crippen molar-refractivity contribution in [3.05, 3.63) is 28.2 Å². The molecule has 0 amide bonds. The lowest BCUT2D eigenvalue weighted by molar-refractivity contribution is 0.131. The first-order chi connectivity index (χ1) is 11.7. The molecule has 4 rings (SSSR count). The monoisotopic (exact) mass is 348 g/mol. The first kappa shape index (κ1) is 16.1. The summed E-state index contributed by atoms with van der Waals surface area (Å²) in [7, 11) is 1.73. The minimum absolute atomic E-state index is 0.320. The van der Waals surface area contributed by atoms with Gasteiger partial charge in [-0.15, -0.1) is 21.5 Å². The van der Waals surface area contributed by atoms with Crippen molar-refractivity contribution in [2.45, 2.75) is 43.8 Å². The Balaban J connectivity index is 1.41. The lowest BCUT2D eigenvalue weighted by Crippen LogP contribution is -2.44. The van der Waals surface area contributed by atoms with Gasteiger partial charge in [0.25, 0.3) is 0 Å². The smallest absolute Gasteiger partial charge is 0.147 e. The van der Waals surface area contributed by atoms with Gasteiger partial charge in [-0.2, -0.15) is 0 Å². The maximum absolute atomic E-state index is 5.94. The average molecular weight is 348 g/mol. The number of aromatic nitrogens is 4. The van der Waals surface area contributed by atoms with Crippen molar-refractivity contribution in [2.75, 3.05) is 26.8 Å². The van der Waals surface area contributed by atoms with Gasteiger partial charge < -0.3 is 15.0 Å². The van der Waals surface area contributed by atoms with Crippen molar-refractivity contribution in [3.8, 4) is 0 Å². The summed E-state index contributed by atoms with van der Waals surface area (Å²) in [5, 5.41) is 12.2. The topological polar surface area (TPSA) is 82.1 Å². The second-order valence-electron chi connectivity index (χ2n) is 6.81. The molecule has 8 heteroatoms. The summed E-state index contributed by atoms with van der Waals surface area (Å²) >= 11 is 1.75. The number of nitrogens with two attached hydrogens (primary N) is 1. The summed E-state index contributed by atoms with van der Waals surface area (Å²) in [6.45, 7) is 4.43. The van der Waals surface area contributed by atoms with Crippen LogP contribution in [0.2, 0.25) is 0 Å². The number of thiazole rings is 1. The SMILES string of the molecule is COCCn1c(CN2CC(c3nccs3)C2)nnc1C1CC(N)C1. The third-order valence-corrected chi connectivity index (χ3v) is 5.98. The predicted octanol–water partition coefficient (Wildman–Crippen LogP) is 1.19. The van der Waals surface area contributed by atoms with Gasteiger partial charge in [-0.3, -0.25) is 4.90 Å². The molecule has 0 atom stereocenters. The second-order valence-corrected chi connectivity index (χ2v) is 7.73. The minimum atomic E-state index is 0.320. The molecule has 2 aromatic heterocycles. The maximum atomic E-state index is 5.94. The molecule has 0 aromatic carbocycles. The van der Waals surface area contributed by atoms with E-state index >= 15 is 0 Å². The molecule has 1 aliphatic carbocycles. The van der Waals surface area contributed by atoms with Crippen LogP contribution in [0, 0.1) is 0 Å². The van der Waals surface area contributed by atoms with Gasteiger partial charge in [-0.05, 0) is 12.8 Å². The van der Waals surface area contributed by atoms with Crippen LogP contribution < -0.4 is 5.73 Å². The van der Waals surface area contributed by atoms with E-state index in [2.05, 4.69) is 30.0 Å². The highest BCUT2D eigenvalue weighted by molar-refractivity contribution is 7.09. The Labute approximate surface area is 145 Å². The Bertz CT molecular complexity index is 660. The van der Waals surface area contributed by atoms with Gasteiger partial charge in [-0.25, -0.2) is 4.98 Å². The van der Waals surface area contributed by atoms with Crippen LogP contribution in [0.5, 0.6) is 0 Å². The largest absolute Gasteiger partial charge is 0.383 e. The molecular formula is C16H24N6OS. The van der Waals surface area contributed by atoms with Gasteiger partial charge in [0.1, 0.15) is 11.6 Å². The highest BCUT2D eigenvalue weighted by atomic mass is 32.1. The van der Waals surface area contributed by atoms with E-state index in [1.54, 1.807) is 18.4 Å². The van der Waals surface area contributed by atoms with Crippen LogP contribution in [-0.2, 0) is 17.8 Å². The predicted molar refractivity (Wildman–Crippen MR) is 92.0 cm³/mol. The molecule has 24 heavy (non-hydrogen) atoms. The fourth-order valence-electron chi connectivity index (χ4n) is 3.56. The summed E-state index contributed by atoms with van der Waals surface area (Å²) in [5.74, 6) is 3.16. The van der Waals surface area contributed by atoms with Crippen molar-refractivity contribution in [1.29, 1.82) is 0 Å². The number of rotatable bonds is 7. The van der Waals surface area contributed by atoms with E-state index in [9.17, 15) is 0 Å². The van der Waals surface area contributed by atoms with Crippen molar-refractivity contribution in [2.24, 2.45) is 5.73 Å². The molecule has 0 bridgehead atoms. The number of methoxy groups -OCH3 is 1. The van der Waals surface area contributed by atoms with Gasteiger partial charge >= 0.3 is 0 Å². The number of hydrogen-bond donors (Lipinski definition) is 1. The average Bonchev–Trinajstić information content (AvgIpc) is 3.15. The quantitative estimate of drug-likeness (QED) is 0.809. The first-order valence-corrected chi connectivity index (χ1v) is 9.40. The van der Waals surface area contributed by atoms with Gasteiger partial charge in [0, 0.05) is 56.2 Å². The first-order valence-electron chi connectivity index (χ1n) is 8.52. The highest BCUT2D eigenvalue weighted by Crippen LogP contribution is 2.35. The standard InChI is InChI=1S/C16H24N6OS/c1-23-4-3-22-14(19-20-15(22)11-6-13(17)7-11)10-21-8-12(9-21)16-18-2-5-24-16/h2,5,11-13H,3-4,6-10,17H2,1H3. The van der Waals surface area contributed by atoms with Crippen molar-refractivity contribution >= 4 is 11.3 Å². The molecule has 1 aliphatic heterocycles. The van der Waals surface area contributed by atoms with Crippen LogP contribution in [0.3, 0.4) is 0 Å². The maximum Gasteiger partial charge on any atom is 0.147 e. The minimum Gasteiger partial charge on any atom is -0.383 e. The van der Waals surface area contributed by atoms with Crippen molar-refractivity contribution in [1.82, 2.24) is 24.6 Å². The number of hydrogen-bond acceptors (Lipinski definition) is 7. The number of ether oxygens (including phenoxy) is 1. The lowest BCUT2D eigenvalue weighted by atomic mass is 9.80. The number of nitrogens with zero attached hydrogens (tertiary/aromatic N) is 5. The highest BCUT2D eigenvalue weighted by Gasteiger charge is 2.34.